The molecule has 1 aliphatic heterocycles. The highest BCUT2D eigenvalue weighted by atomic mass is 35.5. The van der Waals surface area contributed by atoms with E-state index in [4.69, 9.17) is 22.1 Å². The van der Waals surface area contributed by atoms with Crippen molar-refractivity contribution in [2.24, 2.45) is 0 Å². The largest absolute Gasteiger partial charge is 0.496 e. The lowest BCUT2D eigenvalue weighted by atomic mass is 9.91. The van der Waals surface area contributed by atoms with Gasteiger partial charge in [0.2, 0.25) is 0 Å². The van der Waals surface area contributed by atoms with Gasteiger partial charge < -0.3 is 20.5 Å². The third kappa shape index (κ3) is 4.01. The molecule has 142 valence electrons. The first kappa shape index (κ1) is 19.0. The Bertz CT molecular complexity index is 884. The number of hydrogen-bond donors (Lipinski definition) is 2. The number of fused-ring (bicyclic) bond motifs is 1. The minimum Gasteiger partial charge on any atom is -0.496 e. The summed E-state index contributed by atoms with van der Waals surface area (Å²) in [5.74, 6) is -0.874. The van der Waals surface area contributed by atoms with E-state index in [1.807, 2.05) is 0 Å². The van der Waals surface area contributed by atoms with Crippen LogP contribution in [0.5, 0.6) is 5.75 Å². The molecule has 27 heavy (non-hydrogen) atoms. The van der Waals surface area contributed by atoms with Gasteiger partial charge in [-0.2, -0.15) is 0 Å². The number of amides is 1. The molecule has 6 nitrogen and oxygen atoms in total. The smallest absolute Gasteiger partial charge is 0.303 e. The van der Waals surface area contributed by atoms with E-state index in [0.717, 1.165) is 5.56 Å². The van der Waals surface area contributed by atoms with Crippen LogP contribution < -0.4 is 15.4 Å². The lowest BCUT2D eigenvalue weighted by Gasteiger charge is -2.25. The Hall–Kier alpha value is -2.73. The molecule has 3 N–H and O–H groups in total. The number of anilines is 2. The zero-order valence-corrected chi connectivity index (χ0v) is 15.7. The Kier molecular flexibility index (Phi) is 5.56. The molecule has 2 aromatic carbocycles. The van der Waals surface area contributed by atoms with Crippen molar-refractivity contribution in [2.45, 2.75) is 25.2 Å². The normalized spacial score (nSPS) is 16.4. The second kappa shape index (κ2) is 7.88. The van der Waals surface area contributed by atoms with Crippen molar-refractivity contribution in [2.75, 3.05) is 24.3 Å². The van der Waals surface area contributed by atoms with Gasteiger partial charge in [-0.25, -0.2) is 0 Å². The Balaban J connectivity index is 2.05. The van der Waals surface area contributed by atoms with Gasteiger partial charge in [0.15, 0.2) is 0 Å². The highest BCUT2D eigenvalue weighted by molar-refractivity contribution is 6.30. The van der Waals surface area contributed by atoms with E-state index in [9.17, 15) is 14.7 Å². The van der Waals surface area contributed by atoms with E-state index >= 15 is 0 Å². The molecule has 1 amide bonds. The minimum atomic E-state index is -0.870. The third-order valence-electron chi connectivity index (χ3n) is 4.78. The molecule has 0 saturated heterocycles. The molecule has 3 rings (SSSR count). The number of carbonyl (C=O) groups is 2. The van der Waals surface area contributed by atoms with Crippen LogP contribution in [0, 0.1) is 0 Å². The van der Waals surface area contributed by atoms with Crippen molar-refractivity contribution < 1.29 is 19.4 Å². The lowest BCUT2D eigenvalue weighted by Crippen LogP contribution is -2.32. The van der Waals surface area contributed by atoms with Crippen LogP contribution >= 0.6 is 11.6 Å². The molecular weight excluding hydrogens is 368 g/mol. The molecule has 1 heterocycles. The summed E-state index contributed by atoms with van der Waals surface area (Å²) in [6.07, 6.45) is 1.36. The zero-order chi connectivity index (χ0) is 19.6. The maximum absolute atomic E-state index is 13.3. The number of benzene rings is 2. The van der Waals surface area contributed by atoms with Gasteiger partial charge in [-0.3, -0.25) is 9.59 Å². The van der Waals surface area contributed by atoms with Crippen LogP contribution in [-0.4, -0.2) is 30.6 Å². The summed E-state index contributed by atoms with van der Waals surface area (Å²) in [6, 6.07) is 10.2. The van der Waals surface area contributed by atoms with Crippen LogP contribution in [0.2, 0.25) is 5.02 Å². The van der Waals surface area contributed by atoms with Crippen LogP contribution in [0.4, 0.5) is 11.4 Å². The summed E-state index contributed by atoms with van der Waals surface area (Å²) in [6.45, 7) is 0.483. The van der Waals surface area contributed by atoms with Crippen LogP contribution in [-0.2, 0) is 4.79 Å². The average molecular weight is 389 g/mol. The van der Waals surface area contributed by atoms with E-state index in [2.05, 4.69) is 0 Å². The van der Waals surface area contributed by atoms with Gasteiger partial charge in [0, 0.05) is 29.0 Å². The van der Waals surface area contributed by atoms with E-state index in [1.54, 1.807) is 41.3 Å². The summed E-state index contributed by atoms with van der Waals surface area (Å²) in [4.78, 5) is 26.2. The molecule has 0 radical (unpaired) electrons. The topological polar surface area (TPSA) is 92.9 Å². The first-order valence-electron chi connectivity index (χ1n) is 8.67. The zero-order valence-electron chi connectivity index (χ0n) is 14.9. The Labute approximate surface area is 162 Å². The molecular formula is C20H21ClN2O4. The van der Waals surface area contributed by atoms with Crippen LogP contribution in [0.15, 0.2) is 36.4 Å². The summed E-state index contributed by atoms with van der Waals surface area (Å²) in [5.41, 5.74) is 8.17. The Morgan fingerprint density at radius 1 is 1.30 bits per heavy atom. The number of rotatable bonds is 4. The molecule has 0 bridgehead atoms. The minimum absolute atomic E-state index is 0.000560. The lowest BCUT2D eigenvalue weighted by molar-refractivity contribution is -0.137. The summed E-state index contributed by atoms with van der Waals surface area (Å²) >= 11 is 6.16. The third-order valence-corrected chi connectivity index (χ3v) is 5.01. The van der Waals surface area contributed by atoms with E-state index in [-0.39, 0.29) is 18.2 Å². The first-order valence-corrected chi connectivity index (χ1v) is 9.05. The molecule has 0 aromatic heterocycles. The van der Waals surface area contributed by atoms with E-state index in [1.165, 1.54) is 7.11 Å². The number of nitrogens with two attached hydrogens (primary N) is 1. The number of nitrogens with zero attached hydrogens (tertiary/aromatic N) is 1. The van der Waals surface area contributed by atoms with Gasteiger partial charge >= 0.3 is 5.97 Å². The van der Waals surface area contributed by atoms with Crippen molar-refractivity contribution in [1.29, 1.82) is 0 Å². The predicted octanol–water partition coefficient (Wildman–Crippen LogP) is 3.93. The fraction of sp³-hybridized carbons (Fsp3) is 0.300. The molecule has 1 unspecified atom stereocenters. The summed E-state index contributed by atoms with van der Waals surface area (Å²) in [5, 5.41) is 9.78. The number of nitrogen functional groups attached to an aromatic ring is 1. The molecule has 0 spiro atoms. The van der Waals surface area contributed by atoms with Crippen LogP contribution in [0.3, 0.4) is 0 Å². The monoisotopic (exact) mass is 388 g/mol. The second-order valence-corrected chi connectivity index (χ2v) is 6.99. The van der Waals surface area contributed by atoms with Gasteiger partial charge in [0.05, 0.1) is 19.1 Å². The number of carboxylic acids is 1. The maximum atomic E-state index is 13.3. The van der Waals surface area contributed by atoms with E-state index in [0.29, 0.717) is 47.1 Å². The van der Waals surface area contributed by atoms with Gasteiger partial charge in [-0.15, -0.1) is 0 Å². The highest BCUT2D eigenvalue weighted by Gasteiger charge is 2.29. The van der Waals surface area contributed by atoms with Gasteiger partial charge in [0.1, 0.15) is 5.75 Å². The van der Waals surface area contributed by atoms with Crippen molar-refractivity contribution in [3.63, 3.8) is 0 Å². The predicted molar refractivity (Wildman–Crippen MR) is 105 cm³/mol. The van der Waals surface area contributed by atoms with Crippen LogP contribution in [0.1, 0.15) is 41.1 Å². The quantitative estimate of drug-likeness (QED) is 0.774. The standard InChI is InChI=1S/C20H21ClN2O4/c1-27-18-11-14(22)5-6-15(18)20(26)23-8-2-3-12(9-19(24)25)16-10-13(21)4-7-17(16)23/h4-7,10-12H,2-3,8-9,22H2,1H3,(H,24,25). The molecule has 0 aliphatic carbocycles. The summed E-state index contributed by atoms with van der Waals surface area (Å²) < 4.78 is 5.32. The molecule has 0 fully saturated rings. The molecule has 0 saturated carbocycles. The number of halogens is 1. The first-order chi connectivity index (χ1) is 12.9. The van der Waals surface area contributed by atoms with E-state index < -0.39 is 5.97 Å². The molecule has 1 aliphatic rings. The fourth-order valence-electron chi connectivity index (χ4n) is 3.53. The highest BCUT2D eigenvalue weighted by Crippen LogP contribution is 2.39. The SMILES string of the molecule is COc1cc(N)ccc1C(=O)N1CCCC(CC(=O)O)c2cc(Cl)ccc21. The molecule has 2 aromatic rings. The number of hydrogen-bond acceptors (Lipinski definition) is 4. The number of carboxylic acid groups (broad SMARTS) is 1. The fourth-order valence-corrected chi connectivity index (χ4v) is 3.71. The van der Waals surface area contributed by atoms with Gasteiger partial charge in [-0.1, -0.05) is 11.6 Å². The van der Waals surface area contributed by atoms with Gasteiger partial charge in [-0.05, 0) is 54.7 Å². The summed E-state index contributed by atoms with van der Waals surface area (Å²) in [7, 11) is 1.49. The van der Waals surface area contributed by atoms with Gasteiger partial charge in [0.25, 0.3) is 5.91 Å². The number of ether oxygens (including phenoxy) is 1. The number of aliphatic carboxylic acids is 1. The Morgan fingerprint density at radius 3 is 2.78 bits per heavy atom. The van der Waals surface area contributed by atoms with Crippen molar-refractivity contribution in [3.05, 3.63) is 52.5 Å². The van der Waals surface area contributed by atoms with Crippen molar-refractivity contribution >= 4 is 34.9 Å². The van der Waals surface area contributed by atoms with Crippen LogP contribution in [0.25, 0.3) is 0 Å². The Morgan fingerprint density at radius 2 is 2.07 bits per heavy atom. The number of methoxy groups -OCH3 is 1. The molecule has 7 heteroatoms. The average Bonchev–Trinajstić information content (AvgIpc) is 2.80. The van der Waals surface area contributed by atoms with Crippen molar-refractivity contribution in [3.8, 4) is 5.75 Å². The number of carbonyl (C=O) groups excluding carboxylic acids is 1. The maximum Gasteiger partial charge on any atom is 0.303 e. The van der Waals surface area contributed by atoms with Crippen molar-refractivity contribution in [1.82, 2.24) is 0 Å². The second-order valence-electron chi connectivity index (χ2n) is 6.56. The molecule has 1 atom stereocenters.